The van der Waals surface area contributed by atoms with Gasteiger partial charge in [-0.2, -0.15) is 0 Å². The minimum absolute atomic E-state index is 0.137. The molecule has 1 aromatic rings. The van der Waals surface area contributed by atoms with Gasteiger partial charge in [-0.05, 0) is 7.05 Å². The van der Waals surface area contributed by atoms with E-state index < -0.39 is 0 Å². The minimum atomic E-state index is -0.168. The third-order valence-electron chi connectivity index (χ3n) is 5.37. The number of H-pyrrole nitrogens is 1. The smallest absolute Gasteiger partial charge is 0.228 e. The highest BCUT2D eigenvalue weighted by atomic mass is 16.2. The molecule has 3 saturated heterocycles. The molecule has 1 N–H and O–H groups in total. The number of likely N-dealkylation sites (tertiary alicyclic amines) is 2. The van der Waals surface area contributed by atoms with Crippen molar-refractivity contribution in [3.05, 3.63) is 12.4 Å². The van der Waals surface area contributed by atoms with Crippen molar-refractivity contribution in [1.29, 1.82) is 0 Å². The summed E-state index contributed by atoms with van der Waals surface area (Å²) in [6, 6.07) is 0.302. The van der Waals surface area contributed by atoms with Crippen LogP contribution in [0.15, 0.2) is 12.4 Å². The summed E-state index contributed by atoms with van der Waals surface area (Å²) in [5.74, 6) is 0.968. The van der Waals surface area contributed by atoms with E-state index in [1.165, 1.54) is 0 Å². The fourth-order valence-corrected chi connectivity index (χ4v) is 3.94. The van der Waals surface area contributed by atoms with Gasteiger partial charge in [0.2, 0.25) is 17.8 Å². The number of carbonyl (C=O) groups excluding carboxylic acids is 2. The Balaban J connectivity index is 1.31. The van der Waals surface area contributed by atoms with Crippen molar-refractivity contribution in [1.82, 2.24) is 24.7 Å². The SMILES string of the molecule is CN1CC(N2CC(C(=O)N3CCN(c4ncc[nH]4)CC3)CC2=O)C1. The van der Waals surface area contributed by atoms with Crippen LogP contribution >= 0.6 is 0 Å². The summed E-state index contributed by atoms with van der Waals surface area (Å²) < 4.78 is 0. The molecule has 8 nitrogen and oxygen atoms in total. The molecule has 1 atom stereocenters. The Hall–Kier alpha value is -2.09. The number of rotatable bonds is 3. The lowest BCUT2D eigenvalue weighted by Crippen LogP contribution is -2.58. The van der Waals surface area contributed by atoms with Crippen LogP contribution in [0.25, 0.3) is 0 Å². The first-order chi connectivity index (χ1) is 11.6. The maximum Gasteiger partial charge on any atom is 0.228 e. The van der Waals surface area contributed by atoms with Gasteiger partial charge in [-0.15, -0.1) is 0 Å². The number of anilines is 1. The number of likely N-dealkylation sites (N-methyl/N-ethyl adjacent to an activating group) is 1. The quantitative estimate of drug-likeness (QED) is 0.786. The maximum absolute atomic E-state index is 12.8. The Labute approximate surface area is 141 Å². The van der Waals surface area contributed by atoms with Crippen molar-refractivity contribution in [2.24, 2.45) is 5.92 Å². The Kier molecular flexibility index (Phi) is 3.91. The number of aromatic nitrogens is 2. The number of aromatic amines is 1. The number of piperazine rings is 1. The van der Waals surface area contributed by atoms with Crippen molar-refractivity contribution in [2.45, 2.75) is 12.5 Å². The summed E-state index contributed by atoms with van der Waals surface area (Å²) >= 11 is 0. The van der Waals surface area contributed by atoms with E-state index >= 15 is 0 Å². The average molecular weight is 332 g/mol. The van der Waals surface area contributed by atoms with E-state index in [0.717, 1.165) is 32.1 Å². The van der Waals surface area contributed by atoms with Gasteiger partial charge in [0.05, 0.1) is 12.0 Å². The van der Waals surface area contributed by atoms with Gasteiger partial charge in [0.15, 0.2) is 0 Å². The molecule has 1 unspecified atom stereocenters. The predicted molar refractivity (Wildman–Crippen MR) is 88.5 cm³/mol. The van der Waals surface area contributed by atoms with Gasteiger partial charge in [0.25, 0.3) is 0 Å². The number of imidazole rings is 1. The van der Waals surface area contributed by atoms with E-state index in [1.54, 1.807) is 6.20 Å². The second-order valence-corrected chi connectivity index (χ2v) is 7.05. The monoisotopic (exact) mass is 332 g/mol. The minimum Gasteiger partial charge on any atom is -0.339 e. The normalized spacial score (nSPS) is 26.1. The van der Waals surface area contributed by atoms with E-state index in [1.807, 2.05) is 16.0 Å². The van der Waals surface area contributed by atoms with Gasteiger partial charge in [0, 0.05) is 64.6 Å². The molecule has 0 radical (unpaired) electrons. The molecular weight excluding hydrogens is 308 g/mol. The molecule has 3 aliphatic rings. The van der Waals surface area contributed by atoms with Crippen molar-refractivity contribution in [3.63, 3.8) is 0 Å². The number of nitrogens with one attached hydrogen (secondary N) is 1. The Morgan fingerprint density at radius 1 is 1.21 bits per heavy atom. The zero-order valence-electron chi connectivity index (χ0n) is 14.0. The first-order valence-corrected chi connectivity index (χ1v) is 8.63. The highest BCUT2D eigenvalue weighted by Crippen LogP contribution is 2.26. The molecule has 4 rings (SSSR count). The topological polar surface area (TPSA) is 75.8 Å². The Bertz CT molecular complexity index is 604. The standard InChI is InChI=1S/C16H24N6O2/c1-19-10-13(11-19)22-9-12(8-14(22)23)15(24)20-4-6-21(7-5-20)16-17-2-3-18-16/h2-3,12-13H,4-11H2,1H3,(H,17,18). The zero-order chi connectivity index (χ0) is 16.7. The average Bonchev–Trinajstić information content (AvgIpc) is 3.21. The lowest BCUT2D eigenvalue weighted by molar-refractivity contribution is -0.136. The third-order valence-corrected chi connectivity index (χ3v) is 5.37. The maximum atomic E-state index is 12.8. The molecule has 24 heavy (non-hydrogen) atoms. The largest absolute Gasteiger partial charge is 0.339 e. The van der Waals surface area contributed by atoms with Crippen molar-refractivity contribution in [2.75, 3.05) is 57.8 Å². The zero-order valence-corrected chi connectivity index (χ0v) is 14.0. The highest BCUT2D eigenvalue weighted by molar-refractivity contribution is 5.89. The van der Waals surface area contributed by atoms with Crippen LogP contribution in [0, 0.1) is 5.92 Å². The van der Waals surface area contributed by atoms with Gasteiger partial charge in [0.1, 0.15) is 0 Å². The lowest BCUT2D eigenvalue weighted by atomic mass is 10.1. The molecule has 1 aromatic heterocycles. The first-order valence-electron chi connectivity index (χ1n) is 8.63. The van der Waals surface area contributed by atoms with Gasteiger partial charge >= 0.3 is 0 Å². The van der Waals surface area contributed by atoms with Gasteiger partial charge < -0.3 is 24.6 Å². The van der Waals surface area contributed by atoms with Crippen LogP contribution in [0.1, 0.15) is 6.42 Å². The van der Waals surface area contributed by atoms with Crippen LogP contribution < -0.4 is 4.90 Å². The molecule has 0 spiro atoms. The highest BCUT2D eigenvalue weighted by Gasteiger charge is 2.42. The van der Waals surface area contributed by atoms with E-state index in [0.29, 0.717) is 32.1 Å². The van der Waals surface area contributed by atoms with Gasteiger partial charge in [-0.25, -0.2) is 4.98 Å². The molecule has 3 fully saturated rings. The molecule has 0 saturated carbocycles. The fourth-order valence-electron chi connectivity index (χ4n) is 3.94. The predicted octanol–water partition coefficient (Wildman–Crippen LogP) is -0.779. The number of hydrogen-bond acceptors (Lipinski definition) is 5. The van der Waals surface area contributed by atoms with Crippen LogP contribution in [0.3, 0.4) is 0 Å². The molecular formula is C16H24N6O2. The van der Waals surface area contributed by atoms with Crippen molar-refractivity contribution in [3.8, 4) is 0 Å². The molecule has 0 bridgehead atoms. The summed E-state index contributed by atoms with van der Waals surface area (Å²) in [6.45, 7) is 5.37. The molecule has 2 amide bonds. The molecule has 3 aliphatic heterocycles. The van der Waals surface area contributed by atoms with E-state index in [4.69, 9.17) is 0 Å². The summed E-state index contributed by atoms with van der Waals surface area (Å²) in [6.07, 6.45) is 3.92. The third kappa shape index (κ3) is 2.75. The van der Waals surface area contributed by atoms with Gasteiger partial charge in [-0.1, -0.05) is 0 Å². The molecule has 8 heteroatoms. The summed E-state index contributed by atoms with van der Waals surface area (Å²) in [5.41, 5.74) is 0. The van der Waals surface area contributed by atoms with Crippen LogP contribution in [0.5, 0.6) is 0 Å². The Morgan fingerprint density at radius 3 is 2.58 bits per heavy atom. The molecule has 0 aromatic carbocycles. The number of amides is 2. The van der Waals surface area contributed by atoms with E-state index in [2.05, 4.69) is 26.8 Å². The van der Waals surface area contributed by atoms with E-state index in [-0.39, 0.29) is 17.7 Å². The van der Waals surface area contributed by atoms with Crippen molar-refractivity contribution < 1.29 is 9.59 Å². The molecule has 4 heterocycles. The Morgan fingerprint density at radius 2 is 1.96 bits per heavy atom. The van der Waals surface area contributed by atoms with Crippen LogP contribution in [-0.2, 0) is 9.59 Å². The lowest BCUT2D eigenvalue weighted by Gasteiger charge is -2.42. The summed E-state index contributed by atoms with van der Waals surface area (Å²) in [7, 11) is 2.05. The first kappa shape index (κ1) is 15.4. The number of hydrogen-bond donors (Lipinski definition) is 1. The van der Waals surface area contributed by atoms with Crippen LogP contribution in [-0.4, -0.2) is 95.4 Å². The number of nitrogens with zero attached hydrogens (tertiary/aromatic N) is 5. The molecule has 0 aliphatic carbocycles. The van der Waals surface area contributed by atoms with Crippen LogP contribution in [0.2, 0.25) is 0 Å². The second-order valence-electron chi connectivity index (χ2n) is 7.05. The van der Waals surface area contributed by atoms with Gasteiger partial charge in [-0.3, -0.25) is 9.59 Å². The second kappa shape index (κ2) is 6.08. The molecule has 130 valence electrons. The summed E-state index contributed by atoms with van der Waals surface area (Å²) in [5, 5.41) is 0. The van der Waals surface area contributed by atoms with Crippen molar-refractivity contribution >= 4 is 17.8 Å². The fraction of sp³-hybridized carbons (Fsp3) is 0.688. The van der Waals surface area contributed by atoms with Crippen LogP contribution in [0.4, 0.5) is 5.95 Å². The summed E-state index contributed by atoms with van der Waals surface area (Å²) in [4.78, 5) is 40.5. The number of carbonyl (C=O) groups is 2. The van der Waals surface area contributed by atoms with E-state index in [9.17, 15) is 9.59 Å².